The summed E-state index contributed by atoms with van der Waals surface area (Å²) in [5, 5.41) is 0. The molecule has 0 radical (unpaired) electrons. The van der Waals surface area contributed by atoms with E-state index in [0.29, 0.717) is 13.0 Å². The minimum atomic E-state index is -0.592. The molecule has 0 unspecified atom stereocenters. The molecule has 1 amide bonds. The number of ether oxygens (including phenoxy) is 2. The van der Waals surface area contributed by atoms with E-state index in [4.69, 9.17) is 9.47 Å². The van der Waals surface area contributed by atoms with Gasteiger partial charge in [-0.25, -0.2) is 9.18 Å². The van der Waals surface area contributed by atoms with Gasteiger partial charge in [0.25, 0.3) is 0 Å². The molecule has 1 heterocycles. The van der Waals surface area contributed by atoms with Gasteiger partial charge < -0.3 is 14.4 Å². The Hall–Kier alpha value is -2.11. The number of methoxy groups -OCH3 is 1. The van der Waals surface area contributed by atoms with Crippen LogP contribution in [0.1, 0.15) is 38.7 Å². The Balaban J connectivity index is 2.17. The lowest BCUT2D eigenvalue weighted by Crippen LogP contribution is -2.47. The van der Waals surface area contributed by atoms with E-state index in [1.807, 2.05) is 0 Å². The summed E-state index contributed by atoms with van der Waals surface area (Å²) in [5.41, 5.74) is 0.279. The number of nitrogens with zero attached hydrogens (tertiary/aromatic N) is 1. The van der Waals surface area contributed by atoms with Gasteiger partial charge in [0.05, 0.1) is 13.0 Å². The zero-order valence-corrected chi connectivity index (χ0v) is 14.5. The standard InChI is InChI=1S/C18H24FNO4/c1-18(2,3)24-17(22)20-10-9-14(15(11-20)16(21)23-4)12-5-7-13(19)8-6-12/h5-8,14-15H,9-11H2,1-4H3/t14-,15-/m0/s1. The third-order valence-electron chi connectivity index (χ3n) is 4.07. The van der Waals surface area contributed by atoms with Crippen molar-refractivity contribution in [2.75, 3.05) is 20.2 Å². The third-order valence-corrected chi connectivity index (χ3v) is 4.07. The van der Waals surface area contributed by atoms with Crippen LogP contribution >= 0.6 is 0 Å². The minimum absolute atomic E-state index is 0.114. The van der Waals surface area contributed by atoms with Crippen LogP contribution in [0.25, 0.3) is 0 Å². The van der Waals surface area contributed by atoms with Crippen LogP contribution in [0.15, 0.2) is 24.3 Å². The molecular formula is C18H24FNO4. The van der Waals surface area contributed by atoms with Gasteiger partial charge in [0.1, 0.15) is 11.4 Å². The lowest BCUT2D eigenvalue weighted by molar-refractivity contribution is -0.148. The van der Waals surface area contributed by atoms with E-state index in [-0.39, 0.29) is 24.2 Å². The number of piperidine rings is 1. The predicted octanol–water partition coefficient (Wildman–Crippen LogP) is 3.34. The first kappa shape index (κ1) is 18.2. The maximum absolute atomic E-state index is 13.1. The Kier molecular flexibility index (Phi) is 5.47. The molecule has 24 heavy (non-hydrogen) atoms. The second-order valence-corrected chi connectivity index (χ2v) is 7.00. The number of benzene rings is 1. The summed E-state index contributed by atoms with van der Waals surface area (Å²) in [4.78, 5) is 26.0. The van der Waals surface area contributed by atoms with Crippen LogP contribution in [0, 0.1) is 11.7 Å². The highest BCUT2D eigenvalue weighted by Gasteiger charge is 2.38. The third kappa shape index (κ3) is 4.46. The maximum atomic E-state index is 13.1. The number of carbonyl (C=O) groups excluding carboxylic acids is 2. The van der Waals surface area contributed by atoms with E-state index >= 15 is 0 Å². The first-order chi connectivity index (χ1) is 11.2. The zero-order chi connectivity index (χ0) is 17.9. The van der Waals surface area contributed by atoms with Gasteiger partial charge in [0.2, 0.25) is 0 Å². The van der Waals surface area contributed by atoms with Crippen LogP contribution in [-0.4, -0.2) is 42.8 Å². The summed E-state index contributed by atoms with van der Waals surface area (Å²) in [5.74, 6) is -1.31. The Morgan fingerprint density at radius 3 is 2.38 bits per heavy atom. The van der Waals surface area contributed by atoms with Crippen LogP contribution in [0.5, 0.6) is 0 Å². The summed E-state index contributed by atoms with van der Waals surface area (Å²) < 4.78 is 23.4. The Bertz CT molecular complexity index is 594. The fraction of sp³-hybridized carbons (Fsp3) is 0.556. The molecule has 5 nitrogen and oxygen atoms in total. The van der Waals surface area contributed by atoms with Gasteiger partial charge in [0.15, 0.2) is 0 Å². The van der Waals surface area contributed by atoms with Gasteiger partial charge in [-0.2, -0.15) is 0 Å². The highest BCUT2D eigenvalue weighted by atomic mass is 19.1. The van der Waals surface area contributed by atoms with E-state index in [0.717, 1.165) is 5.56 Å². The van der Waals surface area contributed by atoms with Crippen molar-refractivity contribution in [1.29, 1.82) is 0 Å². The summed E-state index contributed by atoms with van der Waals surface area (Å²) in [7, 11) is 1.33. The van der Waals surface area contributed by atoms with E-state index < -0.39 is 17.6 Å². The van der Waals surface area contributed by atoms with E-state index in [9.17, 15) is 14.0 Å². The molecule has 1 fully saturated rings. The average Bonchev–Trinajstić information content (AvgIpc) is 2.52. The molecule has 6 heteroatoms. The molecule has 0 saturated carbocycles. The molecule has 1 aromatic carbocycles. The SMILES string of the molecule is COC(=O)[C@H]1CN(C(=O)OC(C)(C)C)CC[C@H]1c1ccc(F)cc1. The molecule has 0 N–H and O–H groups in total. The lowest BCUT2D eigenvalue weighted by Gasteiger charge is -2.37. The molecule has 2 atom stereocenters. The number of rotatable bonds is 2. The van der Waals surface area contributed by atoms with Crippen LogP contribution in [0.2, 0.25) is 0 Å². The Labute approximate surface area is 141 Å². The topological polar surface area (TPSA) is 55.8 Å². The first-order valence-corrected chi connectivity index (χ1v) is 8.02. The molecule has 2 rings (SSSR count). The Morgan fingerprint density at radius 2 is 1.83 bits per heavy atom. The van der Waals surface area contributed by atoms with Gasteiger partial charge in [-0.15, -0.1) is 0 Å². The van der Waals surface area contributed by atoms with Gasteiger partial charge in [-0.3, -0.25) is 4.79 Å². The molecule has 0 bridgehead atoms. The summed E-state index contributed by atoms with van der Waals surface area (Å²) in [6.45, 7) is 6.10. The number of halogens is 1. The zero-order valence-electron chi connectivity index (χ0n) is 14.5. The fourth-order valence-corrected chi connectivity index (χ4v) is 2.94. The van der Waals surface area contributed by atoms with E-state index in [1.54, 1.807) is 32.9 Å². The van der Waals surface area contributed by atoms with Crippen molar-refractivity contribution in [2.45, 2.75) is 38.7 Å². The lowest BCUT2D eigenvalue weighted by atomic mass is 9.80. The van der Waals surface area contributed by atoms with Crippen molar-refractivity contribution < 1.29 is 23.5 Å². The monoisotopic (exact) mass is 337 g/mol. The van der Waals surface area contributed by atoms with Crippen LogP contribution in [0.4, 0.5) is 9.18 Å². The quantitative estimate of drug-likeness (QED) is 0.777. The number of hydrogen-bond acceptors (Lipinski definition) is 4. The highest BCUT2D eigenvalue weighted by molar-refractivity contribution is 5.76. The van der Waals surface area contributed by atoms with E-state index in [1.165, 1.54) is 24.1 Å². The summed E-state index contributed by atoms with van der Waals surface area (Å²) >= 11 is 0. The van der Waals surface area contributed by atoms with Crippen LogP contribution in [-0.2, 0) is 14.3 Å². The number of esters is 1. The number of carbonyl (C=O) groups is 2. The van der Waals surface area contributed by atoms with Crippen molar-refractivity contribution in [3.05, 3.63) is 35.6 Å². The predicted molar refractivity (Wildman–Crippen MR) is 87.1 cm³/mol. The highest BCUT2D eigenvalue weighted by Crippen LogP contribution is 2.34. The summed E-state index contributed by atoms with van der Waals surface area (Å²) in [6, 6.07) is 6.12. The van der Waals surface area contributed by atoms with Crippen molar-refractivity contribution >= 4 is 12.1 Å². The maximum Gasteiger partial charge on any atom is 0.410 e. The van der Waals surface area contributed by atoms with Crippen molar-refractivity contribution in [1.82, 2.24) is 4.90 Å². The molecule has 1 aliphatic heterocycles. The molecule has 0 aliphatic carbocycles. The Morgan fingerprint density at radius 1 is 1.21 bits per heavy atom. The first-order valence-electron chi connectivity index (χ1n) is 8.02. The van der Waals surface area contributed by atoms with Gasteiger partial charge in [-0.05, 0) is 44.9 Å². The molecule has 132 valence electrons. The van der Waals surface area contributed by atoms with Crippen molar-refractivity contribution in [3.63, 3.8) is 0 Å². The van der Waals surface area contributed by atoms with Crippen molar-refractivity contribution in [3.8, 4) is 0 Å². The van der Waals surface area contributed by atoms with Gasteiger partial charge in [-0.1, -0.05) is 12.1 Å². The van der Waals surface area contributed by atoms with Crippen LogP contribution < -0.4 is 0 Å². The largest absolute Gasteiger partial charge is 0.469 e. The number of hydrogen-bond donors (Lipinski definition) is 0. The average molecular weight is 337 g/mol. The molecule has 1 aromatic rings. The molecule has 1 aliphatic rings. The second-order valence-electron chi connectivity index (χ2n) is 7.00. The van der Waals surface area contributed by atoms with Crippen molar-refractivity contribution in [2.24, 2.45) is 5.92 Å². The molecule has 1 saturated heterocycles. The molecule has 0 spiro atoms. The van der Waals surface area contributed by atoms with Gasteiger partial charge >= 0.3 is 12.1 Å². The number of likely N-dealkylation sites (tertiary alicyclic amines) is 1. The molecule has 0 aromatic heterocycles. The van der Waals surface area contributed by atoms with E-state index in [2.05, 4.69) is 0 Å². The molecular weight excluding hydrogens is 313 g/mol. The van der Waals surface area contributed by atoms with Crippen LogP contribution in [0.3, 0.4) is 0 Å². The fourth-order valence-electron chi connectivity index (χ4n) is 2.94. The summed E-state index contributed by atoms with van der Waals surface area (Å²) in [6.07, 6.45) is 0.152. The second kappa shape index (κ2) is 7.20. The van der Waals surface area contributed by atoms with Gasteiger partial charge in [0, 0.05) is 19.0 Å². The number of amides is 1. The minimum Gasteiger partial charge on any atom is -0.469 e. The normalized spacial score (nSPS) is 21.3. The smallest absolute Gasteiger partial charge is 0.410 e.